The lowest BCUT2D eigenvalue weighted by Gasteiger charge is -2.36. The van der Waals surface area contributed by atoms with Crippen molar-refractivity contribution in [2.75, 3.05) is 19.6 Å². The number of carbonyl (C=O) groups excluding carboxylic acids is 1. The summed E-state index contributed by atoms with van der Waals surface area (Å²) < 4.78 is 0. The molecule has 5 rings (SSSR count). The number of nitrogens with zero attached hydrogens (tertiary/aromatic N) is 1. The molecule has 0 spiro atoms. The molecule has 0 atom stereocenters. The van der Waals surface area contributed by atoms with Gasteiger partial charge in [0.1, 0.15) is 0 Å². The summed E-state index contributed by atoms with van der Waals surface area (Å²) in [5.41, 5.74) is 6.18. The van der Waals surface area contributed by atoms with Gasteiger partial charge in [-0.2, -0.15) is 0 Å². The molecule has 1 fully saturated rings. The van der Waals surface area contributed by atoms with Gasteiger partial charge < -0.3 is 4.90 Å². The summed E-state index contributed by atoms with van der Waals surface area (Å²) in [6.07, 6.45) is 2.70. The maximum Gasteiger partial charge on any atom is 0.246 e. The maximum absolute atomic E-state index is 13.4. The van der Waals surface area contributed by atoms with Crippen LogP contribution in [0.25, 0.3) is 0 Å². The van der Waals surface area contributed by atoms with Crippen LogP contribution in [0.1, 0.15) is 35.1 Å². The maximum atomic E-state index is 13.4. The number of carbonyl (C=O) groups is 1. The molecule has 0 aliphatic carbocycles. The van der Waals surface area contributed by atoms with Crippen LogP contribution in [0.3, 0.4) is 0 Å². The van der Waals surface area contributed by atoms with Crippen molar-refractivity contribution in [1.29, 1.82) is 0 Å². The van der Waals surface area contributed by atoms with Crippen molar-refractivity contribution in [3.8, 4) is 0 Å². The number of hydrogen-bond donors (Lipinski definition) is 1. The van der Waals surface area contributed by atoms with Crippen LogP contribution >= 0.6 is 0 Å². The molecule has 37 heavy (non-hydrogen) atoms. The molecule has 4 nitrogen and oxygen atoms in total. The van der Waals surface area contributed by atoms with E-state index in [1.807, 2.05) is 54.6 Å². The Labute approximate surface area is 219 Å². The third kappa shape index (κ3) is 5.82. The van der Waals surface area contributed by atoms with Gasteiger partial charge in [-0.1, -0.05) is 121 Å². The van der Waals surface area contributed by atoms with Gasteiger partial charge in [-0.05, 0) is 54.6 Å². The molecule has 188 valence electrons. The minimum atomic E-state index is -0.962. The SMILES string of the molecule is O=C(NOC(c1ccccc1)(c1ccccc1)c1ccccc1)C1CCN(CCc2ccccc2)CC1. The molecule has 1 saturated heterocycles. The minimum absolute atomic E-state index is 0.0464. The van der Waals surface area contributed by atoms with Crippen molar-refractivity contribution in [3.05, 3.63) is 144 Å². The van der Waals surface area contributed by atoms with Gasteiger partial charge in [-0.25, -0.2) is 5.48 Å². The van der Waals surface area contributed by atoms with E-state index in [0.29, 0.717) is 0 Å². The predicted octanol–water partition coefficient (Wildman–Crippen LogP) is 5.98. The Bertz CT molecular complexity index is 1140. The first-order valence-electron chi connectivity index (χ1n) is 13.2. The molecule has 0 radical (unpaired) electrons. The molecule has 1 amide bonds. The highest BCUT2D eigenvalue weighted by atomic mass is 16.7. The van der Waals surface area contributed by atoms with E-state index in [9.17, 15) is 4.79 Å². The Kier molecular flexibility index (Phi) is 8.09. The molecule has 0 saturated carbocycles. The van der Waals surface area contributed by atoms with E-state index in [4.69, 9.17) is 4.84 Å². The standard InChI is InChI=1S/C33H34N2O2/c36-32(28-22-25-35(26-23-28)24-21-27-13-5-1-6-14-27)34-37-33(29-15-7-2-8-16-29,30-17-9-3-10-18-30)31-19-11-4-12-20-31/h1-20,28H,21-26H2,(H,34,36). The zero-order valence-corrected chi connectivity index (χ0v) is 21.1. The monoisotopic (exact) mass is 490 g/mol. The molecular formula is C33H34N2O2. The van der Waals surface area contributed by atoms with Crippen LogP contribution in [-0.2, 0) is 21.7 Å². The fourth-order valence-corrected chi connectivity index (χ4v) is 5.26. The molecule has 1 aliphatic rings. The Morgan fingerprint density at radius 1 is 0.703 bits per heavy atom. The number of rotatable bonds is 9. The molecule has 0 aromatic heterocycles. The van der Waals surface area contributed by atoms with Crippen molar-refractivity contribution < 1.29 is 9.63 Å². The number of benzene rings is 4. The first-order valence-corrected chi connectivity index (χ1v) is 13.2. The number of hydroxylamine groups is 1. The highest BCUT2D eigenvalue weighted by molar-refractivity contribution is 5.77. The molecule has 1 N–H and O–H groups in total. The van der Waals surface area contributed by atoms with Gasteiger partial charge in [0.25, 0.3) is 0 Å². The van der Waals surface area contributed by atoms with Crippen molar-refractivity contribution in [2.24, 2.45) is 5.92 Å². The Balaban J connectivity index is 1.30. The Morgan fingerprint density at radius 2 is 1.14 bits per heavy atom. The second kappa shape index (κ2) is 12.0. The highest BCUT2D eigenvalue weighted by Gasteiger charge is 2.39. The summed E-state index contributed by atoms with van der Waals surface area (Å²) in [6, 6.07) is 40.9. The van der Waals surface area contributed by atoms with Gasteiger partial charge in [-0.15, -0.1) is 0 Å². The van der Waals surface area contributed by atoms with Crippen molar-refractivity contribution in [3.63, 3.8) is 0 Å². The van der Waals surface area contributed by atoms with Gasteiger partial charge in [0, 0.05) is 12.5 Å². The van der Waals surface area contributed by atoms with E-state index < -0.39 is 5.60 Å². The van der Waals surface area contributed by atoms with Gasteiger partial charge in [0.05, 0.1) is 0 Å². The van der Waals surface area contributed by atoms with Gasteiger partial charge in [0.15, 0.2) is 5.60 Å². The van der Waals surface area contributed by atoms with Crippen LogP contribution in [0.5, 0.6) is 0 Å². The lowest BCUT2D eigenvalue weighted by atomic mass is 9.80. The molecule has 0 bridgehead atoms. The normalized spacial score (nSPS) is 14.8. The van der Waals surface area contributed by atoms with E-state index in [2.05, 4.69) is 77.1 Å². The summed E-state index contributed by atoms with van der Waals surface area (Å²) >= 11 is 0. The van der Waals surface area contributed by atoms with Crippen LogP contribution in [0, 0.1) is 5.92 Å². The molecule has 4 aromatic carbocycles. The van der Waals surface area contributed by atoms with Crippen molar-refractivity contribution in [2.45, 2.75) is 24.9 Å². The number of nitrogens with one attached hydrogen (secondary N) is 1. The second-order valence-electron chi connectivity index (χ2n) is 9.70. The summed E-state index contributed by atoms with van der Waals surface area (Å²) in [6.45, 7) is 2.87. The first-order chi connectivity index (χ1) is 18.3. The minimum Gasteiger partial charge on any atom is -0.303 e. The van der Waals surface area contributed by atoms with Crippen LogP contribution in [0.4, 0.5) is 0 Å². The number of piperidine rings is 1. The Hall–Kier alpha value is -3.73. The predicted molar refractivity (Wildman–Crippen MR) is 148 cm³/mol. The number of hydrogen-bond acceptors (Lipinski definition) is 3. The summed E-state index contributed by atoms with van der Waals surface area (Å²) in [5, 5.41) is 0. The van der Waals surface area contributed by atoms with Crippen molar-refractivity contribution in [1.82, 2.24) is 10.4 Å². The Morgan fingerprint density at radius 3 is 1.59 bits per heavy atom. The van der Waals surface area contributed by atoms with Gasteiger partial charge >= 0.3 is 0 Å². The largest absolute Gasteiger partial charge is 0.303 e. The van der Waals surface area contributed by atoms with E-state index >= 15 is 0 Å². The molecule has 1 aliphatic heterocycles. The first kappa shape index (κ1) is 24.9. The van der Waals surface area contributed by atoms with E-state index in [0.717, 1.165) is 55.6 Å². The molecular weight excluding hydrogens is 456 g/mol. The fourth-order valence-electron chi connectivity index (χ4n) is 5.26. The van der Waals surface area contributed by atoms with E-state index in [1.54, 1.807) is 0 Å². The smallest absolute Gasteiger partial charge is 0.246 e. The topological polar surface area (TPSA) is 41.6 Å². The zero-order chi connectivity index (χ0) is 25.3. The molecule has 4 aromatic rings. The molecule has 4 heteroatoms. The summed E-state index contributed by atoms with van der Waals surface area (Å²) in [5.74, 6) is -0.108. The quantitative estimate of drug-likeness (QED) is 0.232. The molecule has 0 unspecified atom stereocenters. The van der Waals surface area contributed by atoms with Crippen LogP contribution in [-0.4, -0.2) is 30.4 Å². The highest BCUT2D eigenvalue weighted by Crippen LogP contribution is 2.39. The fraction of sp³-hybridized carbons (Fsp3) is 0.242. The van der Waals surface area contributed by atoms with Crippen LogP contribution in [0.2, 0.25) is 0 Å². The van der Waals surface area contributed by atoms with Gasteiger partial charge in [-0.3, -0.25) is 9.63 Å². The summed E-state index contributed by atoms with van der Waals surface area (Å²) in [7, 11) is 0. The van der Waals surface area contributed by atoms with Crippen molar-refractivity contribution >= 4 is 5.91 Å². The van der Waals surface area contributed by atoms with E-state index in [1.165, 1.54) is 5.56 Å². The lowest BCUT2D eigenvalue weighted by Crippen LogP contribution is -2.45. The lowest BCUT2D eigenvalue weighted by molar-refractivity contribution is -0.149. The number of amides is 1. The van der Waals surface area contributed by atoms with Crippen LogP contribution in [0.15, 0.2) is 121 Å². The van der Waals surface area contributed by atoms with Gasteiger partial charge in [0.2, 0.25) is 5.91 Å². The summed E-state index contributed by atoms with van der Waals surface area (Å²) in [4.78, 5) is 22.4. The third-order valence-corrected chi connectivity index (χ3v) is 7.36. The number of likely N-dealkylation sites (tertiary alicyclic amines) is 1. The second-order valence-corrected chi connectivity index (χ2v) is 9.70. The average molecular weight is 491 g/mol. The zero-order valence-electron chi connectivity index (χ0n) is 21.1. The molecule has 1 heterocycles. The van der Waals surface area contributed by atoms with Crippen LogP contribution < -0.4 is 5.48 Å². The third-order valence-electron chi connectivity index (χ3n) is 7.36. The average Bonchev–Trinajstić information content (AvgIpc) is 2.99. The van der Waals surface area contributed by atoms with E-state index in [-0.39, 0.29) is 11.8 Å².